The molecule has 68 valence electrons. The fraction of sp³-hybridized carbons (Fsp3) is 0.286. The molecule has 4 N–H and O–H groups in total. The predicted octanol–water partition coefficient (Wildman–Crippen LogP) is -0.304. The smallest absolute Gasteiger partial charge is 0.184 e. The number of H-pyrrole nitrogens is 2. The van der Waals surface area contributed by atoms with Crippen LogP contribution in [0.2, 0.25) is 0 Å². The maximum absolute atomic E-state index is 5.38. The molecular weight excluding hydrogens is 168 g/mol. The Hall–Kier alpha value is -1.69. The molecule has 0 saturated heterocycles. The number of aromatic nitrogens is 5. The Bertz CT molecular complexity index is 362. The molecule has 0 aliphatic heterocycles. The van der Waals surface area contributed by atoms with Crippen LogP contribution in [-0.4, -0.2) is 31.9 Å². The van der Waals surface area contributed by atoms with Gasteiger partial charge in [0, 0.05) is 12.6 Å². The highest BCUT2D eigenvalue weighted by atomic mass is 15.2. The van der Waals surface area contributed by atoms with Crippen LogP contribution in [0.3, 0.4) is 0 Å². The number of rotatable bonds is 3. The summed E-state index contributed by atoms with van der Waals surface area (Å²) in [5.74, 6) is 1.45. The zero-order valence-electron chi connectivity index (χ0n) is 6.99. The molecule has 0 unspecified atom stereocenters. The summed E-state index contributed by atoms with van der Waals surface area (Å²) in [6.07, 6.45) is 4.13. The quantitative estimate of drug-likeness (QED) is 0.601. The van der Waals surface area contributed by atoms with E-state index in [0.717, 1.165) is 11.4 Å². The third-order valence-corrected chi connectivity index (χ3v) is 1.67. The summed E-state index contributed by atoms with van der Waals surface area (Å²) in [4.78, 5) is 4.24. The van der Waals surface area contributed by atoms with Gasteiger partial charge in [-0.15, -0.1) is 0 Å². The van der Waals surface area contributed by atoms with Crippen molar-refractivity contribution in [3.63, 3.8) is 0 Å². The third-order valence-electron chi connectivity index (χ3n) is 1.67. The lowest BCUT2D eigenvalue weighted by Gasteiger charge is -1.86. The zero-order chi connectivity index (χ0) is 9.10. The number of hydrogen-bond acceptors (Lipinski definition) is 4. The van der Waals surface area contributed by atoms with Crippen molar-refractivity contribution in [1.29, 1.82) is 0 Å². The van der Waals surface area contributed by atoms with Crippen LogP contribution < -0.4 is 5.73 Å². The number of nitrogens with one attached hydrogen (secondary N) is 2. The van der Waals surface area contributed by atoms with Gasteiger partial charge in [0.2, 0.25) is 0 Å². The Morgan fingerprint density at radius 2 is 2.38 bits per heavy atom. The standard InChI is InChI=1S/C7H10N6/c8-2-1-6-11-7(13-12-6)5-3-9-10-4-5/h3-4H,1-2,8H2,(H,9,10)(H,11,12,13). The van der Waals surface area contributed by atoms with E-state index in [1.165, 1.54) is 0 Å². The van der Waals surface area contributed by atoms with Crippen LogP contribution in [0.5, 0.6) is 0 Å². The first-order chi connectivity index (χ1) is 6.40. The molecule has 0 radical (unpaired) electrons. The maximum atomic E-state index is 5.38. The molecule has 0 atom stereocenters. The molecule has 6 heteroatoms. The average Bonchev–Trinajstić information content (AvgIpc) is 2.70. The average molecular weight is 178 g/mol. The van der Waals surface area contributed by atoms with E-state index in [2.05, 4.69) is 25.4 Å². The molecule has 0 amide bonds. The summed E-state index contributed by atoms with van der Waals surface area (Å²) >= 11 is 0. The van der Waals surface area contributed by atoms with Gasteiger partial charge in [-0.05, 0) is 6.54 Å². The van der Waals surface area contributed by atoms with Crippen LogP contribution in [-0.2, 0) is 6.42 Å². The van der Waals surface area contributed by atoms with Crippen molar-refractivity contribution < 1.29 is 0 Å². The largest absolute Gasteiger partial charge is 0.330 e. The summed E-state index contributed by atoms with van der Waals surface area (Å²) in [5, 5.41) is 13.3. The Balaban J connectivity index is 2.23. The van der Waals surface area contributed by atoms with Crippen molar-refractivity contribution in [2.75, 3.05) is 6.54 Å². The molecule has 2 aromatic rings. The van der Waals surface area contributed by atoms with Gasteiger partial charge in [0.15, 0.2) is 5.82 Å². The van der Waals surface area contributed by atoms with Gasteiger partial charge in [-0.1, -0.05) is 0 Å². The van der Waals surface area contributed by atoms with E-state index < -0.39 is 0 Å². The predicted molar refractivity (Wildman–Crippen MR) is 46.7 cm³/mol. The van der Waals surface area contributed by atoms with Crippen molar-refractivity contribution >= 4 is 0 Å². The Kier molecular flexibility index (Phi) is 2.05. The number of aromatic amines is 2. The third kappa shape index (κ3) is 1.57. The molecule has 0 aliphatic rings. The van der Waals surface area contributed by atoms with Gasteiger partial charge >= 0.3 is 0 Å². The van der Waals surface area contributed by atoms with Crippen molar-refractivity contribution in [2.45, 2.75) is 6.42 Å². The fourth-order valence-corrected chi connectivity index (χ4v) is 1.05. The molecule has 13 heavy (non-hydrogen) atoms. The van der Waals surface area contributed by atoms with Gasteiger partial charge in [-0.3, -0.25) is 10.2 Å². The lowest BCUT2D eigenvalue weighted by atomic mass is 10.3. The summed E-state index contributed by atoms with van der Waals surface area (Å²) in [6, 6.07) is 0. The van der Waals surface area contributed by atoms with Gasteiger partial charge in [0.05, 0.1) is 11.8 Å². The van der Waals surface area contributed by atoms with Gasteiger partial charge in [-0.25, -0.2) is 4.98 Å². The van der Waals surface area contributed by atoms with Crippen LogP contribution in [0.4, 0.5) is 0 Å². The van der Waals surface area contributed by atoms with E-state index >= 15 is 0 Å². The Morgan fingerprint density at radius 1 is 1.46 bits per heavy atom. The SMILES string of the molecule is NCCc1nc(-c2cn[nH]c2)n[nH]1. The van der Waals surface area contributed by atoms with E-state index in [4.69, 9.17) is 5.73 Å². The van der Waals surface area contributed by atoms with E-state index in [0.29, 0.717) is 18.8 Å². The second-order valence-electron chi connectivity index (χ2n) is 2.63. The van der Waals surface area contributed by atoms with Crippen molar-refractivity contribution in [3.05, 3.63) is 18.2 Å². The highest BCUT2D eigenvalue weighted by Gasteiger charge is 2.05. The van der Waals surface area contributed by atoms with Crippen LogP contribution >= 0.6 is 0 Å². The summed E-state index contributed by atoms with van der Waals surface area (Å²) in [6.45, 7) is 0.569. The van der Waals surface area contributed by atoms with Gasteiger partial charge in [0.25, 0.3) is 0 Å². The first-order valence-corrected chi connectivity index (χ1v) is 4.00. The molecule has 0 bridgehead atoms. The summed E-state index contributed by atoms with van der Waals surface area (Å²) in [7, 11) is 0. The Morgan fingerprint density at radius 3 is 3.08 bits per heavy atom. The minimum Gasteiger partial charge on any atom is -0.330 e. The Labute approximate surface area is 74.6 Å². The van der Waals surface area contributed by atoms with Gasteiger partial charge in [-0.2, -0.15) is 10.2 Å². The number of nitrogens with zero attached hydrogens (tertiary/aromatic N) is 3. The van der Waals surface area contributed by atoms with E-state index in [-0.39, 0.29) is 0 Å². The molecule has 0 fully saturated rings. The molecule has 2 heterocycles. The van der Waals surface area contributed by atoms with Crippen molar-refractivity contribution in [3.8, 4) is 11.4 Å². The zero-order valence-corrected chi connectivity index (χ0v) is 6.99. The first kappa shape index (κ1) is 7.93. The minimum absolute atomic E-state index is 0.569. The second-order valence-corrected chi connectivity index (χ2v) is 2.63. The maximum Gasteiger partial charge on any atom is 0.184 e. The summed E-state index contributed by atoms with van der Waals surface area (Å²) in [5.41, 5.74) is 6.26. The monoisotopic (exact) mass is 178 g/mol. The molecular formula is C7H10N6. The molecule has 2 rings (SSSR count). The van der Waals surface area contributed by atoms with Gasteiger partial charge in [0.1, 0.15) is 5.82 Å². The second kappa shape index (κ2) is 3.36. The molecule has 2 aromatic heterocycles. The lowest BCUT2D eigenvalue weighted by Crippen LogP contribution is -2.03. The fourth-order valence-electron chi connectivity index (χ4n) is 1.05. The molecule has 0 aromatic carbocycles. The van der Waals surface area contributed by atoms with E-state index in [1.54, 1.807) is 12.4 Å². The normalized spacial score (nSPS) is 10.5. The minimum atomic E-state index is 0.569. The number of nitrogens with two attached hydrogens (primary N) is 1. The summed E-state index contributed by atoms with van der Waals surface area (Å²) < 4.78 is 0. The molecule has 6 nitrogen and oxygen atoms in total. The number of hydrogen-bond donors (Lipinski definition) is 3. The molecule has 0 aliphatic carbocycles. The van der Waals surface area contributed by atoms with Crippen LogP contribution in [0.15, 0.2) is 12.4 Å². The first-order valence-electron chi connectivity index (χ1n) is 4.00. The van der Waals surface area contributed by atoms with Crippen molar-refractivity contribution in [2.24, 2.45) is 5.73 Å². The van der Waals surface area contributed by atoms with Gasteiger partial charge < -0.3 is 5.73 Å². The van der Waals surface area contributed by atoms with Crippen LogP contribution in [0.25, 0.3) is 11.4 Å². The topological polar surface area (TPSA) is 96.3 Å². The highest BCUT2D eigenvalue weighted by molar-refractivity contribution is 5.50. The van der Waals surface area contributed by atoms with Crippen molar-refractivity contribution in [1.82, 2.24) is 25.4 Å². The molecule has 0 spiro atoms. The highest BCUT2D eigenvalue weighted by Crippen LogP contribution is 2.10. The van der Waals surface area contributed by atoms with Crippen LogP contribution in [0, 0.1) is 0 Å². The van der Waals surface area contributed by atoms with Crippen LogP contribution in [0.1, 0.15) is 5.82 Å². The lowest BCUT2D eigenvalue weighted by molar-refractivity contribution is 0.874. The van der Waals surface area contributed by atoms with E-state index in [9.17, 15) is 0 Å². The van der Waals surface area contributed by atoms with E-state index in [1.807, 2.05) is 0 Å². The molecule has 0 saturated carbocycles.